The highest BCUT2D eigenvalue weighted by molar-refractivity contribution is 9.10. The maximum absolute atomic E-state index is 11.5. The number of carbonyl (C=O) groups is 2. The summed E-state index contributed by atoms with van der Waals surface area (Å²) in [6, 6.07) is 21.1. The molecule has 4 rings (SSSR count). The Morgan fingerprint density at radius 1 is 0.723 bits per heavy atom. The second-order valence-corrected chi connectivity index (χ2v) is 10.3. The normalized spacial score (nSPS) is 9.81. The Morgan fingerprint density at radius 3 is 1.62 bits per heavy atom. The largest absolute Gasteiger partial charge is 0.418 e. The Morgan fingerprint density at radius 2 is 1.23 bits per heavy atom. The third kappa shape index (κ3) is 20.7. The number of amides is 3. The van der Waals surface area contributed by atoms with Gasteiger partial charge in [-0.25, -0.2) is 19.6 Å². The van der Waals surface area contributed by atoms with Gasteiger partial charge in [0.15, 0.2) is 12.6 Å². The molecule has 3 heterocycles. The highest BCUT2D eigenvalue weighted by Crippen LogP contribution is 2.13. The van der Waals surface area contributed by atoms with Crippen molar-refractivity contribution in [2.75, 3.05) is 52.2 Å². The number of hydrogen-bond acceptors (Lipinski definition) is 11. The summed E-state index contributed by atoms with van der Waals surface area (Å²) >= 11 is 6.52. The van der Waals surface area contributed by atoms with Gasteiger partial charge in [0.2, 0.25) is 0 Å². The van der Waals surface area contributed by atoms with E-state index in [0.29, 0.717) is 23.9 Å². The first-order valence-electron chi connectivity index (χ1n) is 13.7. The molecule has 0 atom stereocenters. The predicted octanol–water partition coefficient (Wildman–Crippen LogP) is 5.69. The highest BCUT2D eigenvalue weighted by Gasteiger charge is 2.08. The number of pyridine rings is 3. The van der Waals surface area contributed by atoms with Crippen LogP contribution in [0.5, 0.6) is 5.75 Å². The Labute approximate surface area is 291 Å². The van der Waals surface area contributed by atoms with Crippen LogP contribution in [0, 0.1) is 0 Å². The van der Waals surface area contributed by atoms with Crippen molar-refractivity contribution in [2.24, 2.45) is 5.73 Å². The third-order valence-electron chi connectivity index (χ3n) is 5.12. The first-order chi connectivity index (χ1) is 22.7. The van der Waals surface area contributed by atoms with E-state index in [1.807, 2.05) is 24.3 Å². The fourth-order valence-corrected chi connectivity index (χ4v) is 3.29. The first-order valence-corrected chi connectivity index (χ1v) is 15.3. The zero-order valence-electron chi connectivity index (χ0n) is 26.3. The fourth-order valence-electron chi connectivity index (χ4n) is 2.83. The number of benzene rings is 1. The Kier molecular flexibility index (Phi) is 22.7. The average Bonchev–Trinajstić information content (AvgIpc) is 3.10. The number of ether oxygens (including phenoxy) is 5. The molecule has 14 nitrogen and oxygen atoms in total. The second-order valence-electron chi connectivity index (χ2n) is 8.45. The number of nitrogens with zero attached hydrogens (tertiary/aromatic N) is 3. The summed E-state index contributed by atoms with van der Waals surface area (Å²) in [5.41, 5.74) is 5.14. The van der Waals surface area contributed by atoms with Gasteiger partial charge in [0.1, 0.15) is 17.4 Å². The molecule has 0 saturated heterocycles. The standard InChI is InChI=1S/C12H9BrN2O2.C10H14BrN3O3.C5H5N.C4H11NO2/c13-9-6-7-11(14-8-9)15-12(16)17-10-4-2-1-3-5-10;1-16-9(17-2)6-13-10(15)14-8-4-3-7(11)5-12-8;1-2-4-6-5-3-1;1-6-4(3-5)7-2/h1-8H,(H,14,15,16);3-5,9H,6H2,1-2H3,(H2,12,13,14,15);1-5H;4H,3,5H2,1-2H3. The molecule has 254 valence electrons. The number of urea groups is 1. The summed E-state index contributed by atoms with van der Waals surface area (Å²) < 4.78 is 26.0. The molecule has 0 aliphatic rings. The van der Waals surface area contributed by atoms with Crippen molar-refractivity contribution in [1.29, 1.82) is 0 Å². The molecule has 4 aromatic rings. The smallest absolute Gasteiger partial charge is 0.410 e. The van der Waals surface area contributed by atoms with Gasteiger partial charge in [-0.1, -0.05) is 24.3 Å². The SMILES string of the molecule is COC(CN)OC.COC(CNC(=O)Nc1ccc(Br)cn1)OC.O=C(Nc1ccc(Br)cn1)Oc1ccccc1.c1ccncc1. The number of hydrogen-bond donors (Lipinski definition) is 4. The fraction of sp³-hybridized carbons (Fsp3) is 0.258. The molecule has 0 aliphatic carbocycles. The summed E-state index contributed by atoms with van der Waals surface area (Å²) in [5.74, 6) is 1.40. The highest BCUT2D eigenvalue weighted by atomic mass is 79.9. The molecule has 0 radical (unpaired) electrons. The molecule has 0 fully saturated rings. The molecule has 0 aliphatic heterocycles. The van der Waals surface area contributed by atoms with E-state index in [4.69, 9.17) is 29.4 Å². The quantitative estimate of drug-likeness (QED) is 0.145. The van der Waals surface area contributed by atoms with E-state index in [1.165, 1.54) is 14.2 Å². The molecule has 0 spiro atoms. The third-order valence-corrected chi connectivity index (χ3v) is 6.06. The number of anilines is 2. The molecule has 0 saturated carbocycles. The summed E-state index contributed by atoms with van der Waals surface area (Å²) in [7, 11) is 6.12. The Hall–Kier alpha value is -4.03. The van der Waals surface area contributed by atoms with Crippen LogP contribution in [0.1, 0.15) is 0 Å². The summed E-state index contributed by atoms with van der Waals surface area (Å²) in [6.45, 7) is 0.669. The number of aromatic nitrogens is 3. The molecule has 0 bridgehead atoms. The van der Waals surface area contributed by atoms with E-state index in [-0.39, 0.29) is 18.9 Å². The Balaban J connectivity index is 0.000000344. The molecule has 16 heteroatoms. The van der Waals surface area contributed by atoms with Crippen LogP contribution < -0.4 is 26.4 Å². The number of nitrogens with one attached hydrogen (secondary N) is 3. The van der Waals surface area contributed by atoms with Gasteiger partial charge in [-0.05, 0) is 80.4 Å². The minimum Gasteiger partial charge on any atom is -0.410 e. The van der Waals surface area contributed by atoms with Gasteiger partial charge < -0.3 is 34.7 Å². The van der Waals surface area contributed by atoms with Crippen LogP contribution in [0.25, 0.3) is 0 Å². The van der Waals surface area contributed by atoms with E-state index < -0.39 is 12.4 Å². The molecule has 3 aromatic heterocycles. The number of para-hydroxylation sites is 1. The predicted molar refractivity (Wildman–Crippen MR) is 186 cm³/mol. The lowest BCUT2D eigenvalue weighted by molar-refractivity contribution is -0.0970. The lowest BCUT2D eigenvalue weighted by atomic mass is 10.3. The van der Waals surface area contributed by atoms with Gasteiger partial charge in [0.25, 0.3) is 0 Å². The molecular weight excluding hydrogens is 742 g/mol. The number of nitrogens with two attached hydrogens (primary N) is 1. The van der Waals surface area contributed by atoms with Gasteiger partial charge in [0, 0.05) is 68.7 Å². The van der Waals surface area contributed by atoms with Crippen molar-refractivity contribution in [3.05, 3.63) is 107 Å². The first kappa shape index (κ1) is 41.0. The monoisotopic (exact) mass is 779 g/mol. The molecule has 5 N–H and O–H groups in total. The van der Waals surface area contributed by atoms with Gasteiger partial charge in [-0.15, -0.1) is 0 Å². The van der Waals surface area contributed by atoms with Crippen molar-refractivity contribution in [1.82, 2.24) is 20.3 Å². The molecule has 1 aromatic carbocycles. The maximum Gasteiger partial charge on any atom is 0.418 e. The Bertz CT molecular complexity index is 1320. The number of halogens is 2. The van der Waals surface area contributed by atoms with Crippen LogP contribution >= 0.6 is 31.9 Å². The van der Waals surface area contributed by atoms with E-state index in [1.54, 1.807) is 87.5 Å². The minimum absolute atomic E-state index is 0.236. The van der Waals surface area contributed by atoms with Gasteiger partial charge in [-0.2, -0.15) is 0 Å². The zero-order valence-corrected chi connectivity index (χ0v) is 29.5. The summed E-state index contributed by atoms with van der Waals surface area (Å²) in [6.07, 6.45) is 5.44. The number of rotatable bonds is 10. The number of carbonyl (C=O) groups excluding carboxylic acids is 2. The van der Waals surface area contributed by atoms with E-state index >= 15 is 0 Å². The van der Waals surface area contributed by atoms with Crippen molar-refractivity contribution in [2.45, 2.75) is 12.6 Å². The molecular formula is C31H39Br2N7O7. The lowest BCUT2D eigenvalue weighted by Gasteiger charge is -2.14. The van der Waals surface area contributed by atoms with Crippen LogP contribution in [0.3, 0.4) is 0 Å². The van der Waals surface area contributed by atoms with E-state index in [9.17, 15) is 9.59 Å². The van der Waals surface area contributed by atoms with Gasteiger partial charge in [-0.3, -0.25) is 15.6 Å². The second kappa shape index (κ2) is 26.1. The molecule has 3 amide bonds. The molecule has 47 heavy (non-hydrogen) atoms. The maximum atomic E-state index is 11.5. The topological polar surface area (TPSA) is 181 Å². The van der Waals surface area contributed by atoms with Gasteiger partial charge in [0.05, 0.1) is 6.54 Å². The van der Waals surface area contributed by atoms with E-state index in [2.05, 4.69) is 62.8 Å². The van der Waals surface area contributed by atoms with E-state index in [0.717, 1.165) is 8.95 Å². The molecule has 0 unspecified atom stereocenters. The summed E-state index contributed by atoms with van der Waals surface area (Å²) in [4.78, 5) is 34.7. The summed E-state index contributed by atoms with van der Waals surface area (Å²) in [5, 5.41) is 7.70. The van der Waals surface area contributed by atoms with Crippen LogP contribution in [0.2, 0.25) is 0 Å². The zero-order chi connectivity index (χ0) is 34.7. The van der Waals surface area contributed by atoms with Crippen molar-refractivity contribution in [3.8, 4) is 5.75 Å². The van der Waals surface area contributed by atoms with Crippen LogP contribution in [-0.4, -0.2) is 81.2 Å². The van der Waals surface area contributed by atoms with Crippen molar-refractivity contribution in [3.63, 3.8) is 0 Å². The van der Waals surface area contributed by atoms with Crippen molar-refractivity contribution < 1.29 is 33.3 Å². The lowest BCUT2D eigenvalue weighted by Crippen LogP contribution is -2.36. The van der Waals surface area contributed by atoms with Gasteiger partial charge >= 0.3 is 12.1 Å². The average molecular weight is 782 g/mol. The van der Waals surface area contributed by atoms with Crippen LogP contribution in [0.15, 0.2) is 107 Å². The van der Waals surface area contributed by atoms with Crippen LogP contribution in [-0.2, 0) is 18.9 Å². The minimum atomic E-state index is -0.564. The number of methoxy groups -OCH3 is 4. The van der Waals surface area contributed by atoms with Crippen molar-refractivity contribution >= 4 is 55.6 Å². The van der Waals surface area contributed by atoms with Crippen LogP contribution in [0.4, 0.5) is 21.2 Å².